The Hall–Kier alpha value is -3.19. The lowest BCUT2D eigenvalue weighted by Crippen LogP contribution is -2.53. The van der Waals surface area contributed by atoms with Crippen molar-refractivity contribution in [2.45, 2.75) is 11.6 Å². The number of anilines is 1. The van der Waals surface area contributed by atoms with Gasteiger partial charge in [-0.05, 0) is 41.5 Å². The average molecular weight is 495 g/mol. The van der Waals surface area contributed by atoms with Crippen LogP contribution in [0.2, 0.25) is 10.0 Å². The highest BCUT2D eigenvalue weighted by atomic mass is 35.5. The van der Waals surface area contributed by atoms with Crippen LogP contribution in [-0.2, 0) is 24.7 Å². The van der Waals surface area contributed by atoms with Gasteiger partial charge in [0.1, 0.15) is 0 Å². The van der Waals surface area contributed by atoms with Gasteiger partial charge in [0, 0.05) is 16.1 Å². The van der Waals surface area contributed by atoms with Crippen LogP contribution < -0.4 is 10.2 Å². The van der Waals surface area contributed by atoms with Crippen LogP contribution >= 0.6 is 23.2 Å². The van der Waals surface area contributed by atoms with Gasteiger partial charge in [-0.1, -0.05) is 71.7 Å². The number of halogens is 2. The highest BCUT2D eigenvalue weighted by molar-refractivity contribution is 6.32. The van der Waals surface area contributed by atoms with E-state index in [0.717, 1.165) is 4.90 Å². The lowest BCUT2D eigenvalue weighted by Gasteiger charge is -2.33. The summed E-state index contributed by atoms with van der Waals surface area (Å²) in [6.45, 7) is 0. The number of fused-ring (bicyclic) bond motifs is 1. The molecule has 0 bridgehead atoms. The maximum absolute atomic E-state index is 13.9. The van der Waals surface area contributed by atoms with Gasteiger partial charge in [-0.2, -0.15) is 0 Å². The Balaban J connectivity index is 1.74. The van der Waals surface area contributed by atoms with Crippen molar-refractivity contribution < 1.29 is 19.1 Å². The first kappa shape index (κ1) is 22.6. The van der Waals surface area contributed by atoms with Crippen LogP contribution in [0.15, 0.2) is 78.9 Å². The molecule has 0 aliphatic carbocycles. The summed E-state index contributed by atoms with van der Waals surface area (Å²) in [5.74, 6) is -3.50. The molecule has 3 aromatic carbocycles. The predicted octanol–water partition coefficient (Wildman–Crippen LogP) is 4.51. The van der Waals surface area contributed by atoms with Crippen molar-refractivity contribution in [3.8, 4) is 0 Å². The third-order valence-electron chi connectivity index (χ3n) is 6.62. The van der Waals surface area contributed by atoms with E-state index < -0.39 is 41.2 Å². The Morgan fingerprint density at radius 1 is 0.912 bits per heavy atom. The van der Waals surface area contributed by atoms with Crippen molar-refractivity contribution in [2.24, 2.45) is 11.8 Å². The molecule has 34 heavy (non-hydrogen) atoms. The van der Waals surface area contributed by atoms with Crippen molar-refractivity contribution >= 4 is 46.7 Å². The number of nitrogens with zero attached hydrogens (tertiary/aromatic N) is 1. The quantitative estimate of drug-likeness (QED) is 0.426. The van der Waals surface area contributed by atoms with Gasteiger partial charge in [-0.15, -0.1) is 0 Å². The van der Waals surface area contributed by atoms with Gasteiger partial charge in [-0.25, -0.2) is 9.69 Å². The lowest BCUT2D eigenvalue weighted by atomic mass is 9.75. The molecule has 6 nitrogen and oxygen atoms in total. The molecular weight excluding hydrogens is 475 g/mol. The van der Waals surface area contributed by atoms with Crippen molar-refractivity contribution in [3.05, 3.63) is 100 Å². The van der Waals surface area contributed by atoms with E-state index >= 15 is 0 Å². The summed E-state index contributed by atoms with van der Waals surface area (Å²) in [4.78, 5) is 42.4. The van der Waals surface area contributed by atoms with E-state index in [4.69, 9.17) is 27.9 Å². The molecule has 0 spiro atoms. The summed E-state index contributed by atoms with van der Waals surface area (Å²) < 4.78 is 5.22. The Morgan fingerprint density at radius 2 is 1.56 bits per heavy atom. The number of imide groups is 1. The number of rotatable bonds is 4. The van der Waals surface area contributed by atoms with Gasteiger partial charge >= 0.3 is 5.97 Å². The molecule has 8 heteroatoms. The minimum absolute atomic E-state index is 0.388. The molecule has 2 aliphatic rings. The van der Waals surface area contributed by atoms with Gasteiger partial charge in [0.25, 0.3) is 0 Å². The number of methoxy groups -OCH3 is 1. The molecule has 172 valence electrons. The monoisotopic (exact) mass is 494 g/mol. The Kier molecular flexibility index (Phi) is 5.68. The van der Waals surface area contributed by atoms with Gasteiger partial charge in [0.2, 0.25) is 11.8 Å². The number of hydrogen-bond donors (Lipinski definition) is 1. The summed E-state index contributed by atoms with van der Waals surface area (Å²) >= 11 is 12.5. The number of ether oxygens (including phenoxy) is 1. The third kappa shape index (κ3) is 3.25. The molecule has 1 N–H and O–H groups in total. The molecule has 5 rings (SSSR count). The van der Waals surface area contributed by atoms with E-state index in [9.17, 15) is 14.4 Å². The second kappa shape index (κ2) is 8.55. The molecule has 3 aromatic rings. The molecular formula is C26H20Cl2N2O4. The van der Waals surface area contributed by atoms with E-state index in [1.165, 1.54) is 7.11 Å². The zero-order valence-electron chi connectivity index (χ0n) is 18.1. The highest BCUT2D eigenvalue weighted by Gasteiger charge is 2.69. The van der Waals surface area contributed by atoms with E-state index in [1.807, 2.05) is 6.07 Å². The molecule has 0 radical (unpaired) electrons. The van der Waals surface area contributed by atoms with Crippen LogP contribution in [0.5, 0.6) is 0 Å². The number of amides is 2. The largest absolute Gasteiger partial charge is 0.467 e. The normalized spacial score (nSPS) is 26.0. The van der Waals surface area contributed by atoms with Crippen molar-refractivity contribution in [3.63, 3.8) is 0 Å². The molecule has 2 saturated heterocycles. The minimum atomic E-state index is -1.58. The molecule has 2 heterocycles. The Bertz CT molecular complexity index is 1280. The summed E-state index contributed by atoms with van der Waals surface area (Å²) in [7, 11) is 1.27. The van der Waals surface area contributed by atoms with Crippen molar-refractivity contribution in [2.75, 3.05) is 12.0 Å². The molecule has 2 aliphatic heterocycles. The second-order valence-electron chi connectivity index (χ2n) is 8.30. The fraction of sp³-hybridized carbons (Fsp3) is 0.192. The topological polar surface area (TPSA) is 75.7 Å². The highest BCUT2D eigenvalue weighted by Crippen LogP contribution is 2.54. The summed E-state index contributed by atoms with van der Waals surface area (Å²) in [6.07, 6.45) is 0. The molecule has 0 aromatic heterocycles. The number of carbonyl (C=O) groups excluding carboxylic acids is 3. The number of hydrogen-bond acceptors (Lipinski definition) is 5. The molecule has 4 atom stereocenters. The minimum Gasteiger partial charge on any atom is -0.467 e. The van der Waals surface area contributed by atoms with Crippen LogP contribution in [0, 0.1) is 11.8 Å². The SMILES string of the molecule is COC(=O)[C@@]1(c2ccccc2)N[C@@H](c2ccccc2Cl)[C@@H]2C(=O)N(c3ccc(Cl)cc3)C(=O)[C@@H]21. The fourth-order valence-corrected chi connectivity index (χ4v) is 5.56. The van der Waals surface area contributed by atoms with Gasteiger partial charge < -0.3 is 4.74 Å². The Labute approximate surface area is 206 Å². The maximum atomic E-state index is 13.9. The second-order valence-corrected chi connectivity index (χ2v) is 9.14. The van der Waals surface area contributed by atoms with Crippen LogP contribution in [0.4, 0.5) is 5.69 Å². The van der Waals surface area contributed by atoms with Crippen LogP contribution in [0.3, 0.4) is 0 Å². The zero-order chi connectivity index (χ0) is 24.0. The zero-order valence-corrected chi connectivity index (χ0v) is 19.6. The van der Waals surface area contributed by atoms with E-state index in [2.05, 4.69) is 5.32 Å². The third-order valence-corrected chi connectivity index (χ3v) is 7.22. The summed E-state index contributed by atoms with van der Waals surface area (Å²) in [6, 6.07) is 21.7. The number of benzene rings is 3. The molecule has 2 fully saturated rings. The van der Waals surface area contributed by atoms with Crippen LogP contribution in [0.1, 0.15) is 17.2 Å². The molecule has 0 unspecified atom stereocenters. The summed E-state index contributed by atoms with van der Waals surface area (Å²) in [5, 5.41) is 4.23. The van der Waals surface area contributed by atoms with Crippen molar-refractivity contribution in [1.82, 2.24) is 5.32 Å². The van der Waals surface area contributed by atoms with Gasteiger partial charge in [-0.3, -0.25) is 14.9 Å². The van der Waals surface area contributed by atoms with Gasteiger partial charge in [0.05, 0.1) is 24.6 Å². The number of esters is 1. The fourth-order valence-electron chi connectivity index (χ4n) is 5.18. The first-order chi connectivity index (χ1) is 16.4. The predicted molar refractivity (Wildman–Crippen MR) is 128 cm³/mol. The summed E-state index contributed by atoms with van der Waals surface area (Å²) in [5.41, 5.74) is -0.0395. The van der Waals surface area contributed by atoms with E-state index in [-0.39, 0.29) is 0 Å². The first-order valence-electron chi connectivity index (χ1n) is 10.7. The van der Waals surface area contributed by atoms with Crippen LogP contribution in [-0.4, -0.2) is 24.9 Å². The van der Waals surface area contributed by atoms with E-state index in [1.54, 1.807) is 72.8 Å². The average Bonchev–Trinajstić information content (AvgIpc) is 3.34. The standard InChI is InChI=1S/C26H20Cl2N2O4/c1-34-25(33)26(15-7-3-2-4-8-15)21-20(22(29-26)18-9-5-6-10-19(18)28)23(31)30(24(21)32)17-13-11-16(27)12-14-17/h2-14,20-22,29H,1H3/t20-,21-,22+,26+/m1/s1. The van der Waals surface area contributed by atoms with Crippen LogP contribution in [0.25, 0.3) is 0 Å². The van der Waals surface area contributed by atoms with E-state index in [0.29, 0.717) is 26.9 Å². The van der Waals surface area contributed by atoms with Crippen molar-refractivity contribution in [1.29, 1.82) is 0 Å². The molecule has 0 saturated carbocycles. The lowest BCUT2D eigenvalue weighted by molar-refractivity contribution is -0.152. The molecule has 2 amide bonds. The smallest absolute Gasteiger partial charge is 0.331 e. The first-order valence-corrected chi connectivity index (χ1v) is 11.4. The maximum Gasteiger partial charge on any atom is 0.331 e. The number of nitrogens with one attached hydrogen (secondary N) is 1. The van der Waals surface area contributed by atoms with Gasteiger partial charge in [0.15, 0.2) is 5.54 Å². The number of carbonyl (C=O) groups is 3. The Morgan fingerprint density at radius 3 is 2.21 bits per heavy atom.